The van der Waals surface area contributed by atoms with Gasteiger partial charge in [-0.2, -0.15) is 0 Å². The van der Waals surface area contributed by atoms with Gasteiger partial charge in [0.1, 0.15) is 24.0 Å². The standard InChI is InChI=1S/C42H61N3O8.BrH/c46-37-15-13-35(36-14-16-40(48)44-41(36)37)38(47)29-43-19-28-52-27-8-26-51-25-7-24-50-23-6-20-45-21-17-32(18-22-45)39(30-45)53-31-42(49,34-11-4-5-12-34)33-9-2-1-3-10-33;/h1-3,9-10,13-16,32,34,38-39,43,47,49H,4-8,11-12,17-31H2,(H-,44,46,48);1H/t32?,38-,39-,42+,45?;/m0./s1. The van der Waals surface area contributed by atoms with Crippen LogP contribution in [-0.2, 0) is 24.5 Å². The molecule has 7 rings (SSSR count). The number of H-pyrrole nitrogens is 1. The van der Waals surface area contributed by atoms with Crippen LogP contribution in [0.5, 0.6) is 5.75 Å². The van der Waals surface area contributed by atoms with Crippen LogP contribution in [0.4, 0.5) is 0 Å². The molecule has 0 spiro atoms. The molecule has 4 aliphatic rings. The lowest BCUT2D eigenvalue weighted by atomic mass is 9.80. The van der Waals surface area contributed by atoms with Crippen molar-refractivity contribution in [3.05, 3.63) is 76.1 Å². The number of ether oxygens (including phenoxy) is 4. The number of nitrogens with zero attached hydrogens (tertiary/aromatic N) is 1. The van der Waals surface area contributed by atoms with Gasteiger partial charge in [0.2, 0.25) is 5.56 Å². The number of hydrogen-bond acceptors (Lipinski definition) is 9. The topological polar surface area (TPSA) is 143 Å². The Morgan fingerprint density at radius 2 is 1.52 bits per heavy atom. The van der Waals surface area contributed by atoms with Crippen LogP contribution in [0.1, 0.15) is 75.0 Å². The van der Waals surface area contributed by atoms with Gasteiger partial charge in [-0.25, -0.2) is 0 Å². The van der Waals surface area contributed by atoms with Crippen molar-refractivity contribution in [2.24, 2.45) is 11.8 Å². The molecule has 300 valence electrons. The second-order valence-electron chi connectivity index (χ2n) is 15.6. The van der Waals surface area contributed by atoms with Crippen LogP contribution in [-0.4, -0.2) is 116 Å². The molecule has 0 amide bonds. The van der Waals surface area contributed by atoms with Crippen molar-refractivity contribution in [2.75, 3.05) is 85.5 Å². The maximum absolute atomic E-state index is 12.0. The summed E-state index contributed by atoms with van der Waals surface area (Å²) in [4.78, 5) is 14.2. The molecule has 54 heavy (non-hydrogen) atoms. The van der Waals surface area contributed by atoms with Crippen molar-refractivity contribution >= 4 is 10.9 Å². The number of hydrogen-bond donors (Lipinski definition) is 5. The van der Waals surface area contributed by atoms with Crippen molar-refractivity contribution in [2.45, 2.75) is 75.6 Å². The van der Waals surface area contributed by atoms with Crippen molar-refractivity contribution in [1.29, 1.82) is 0 Å². The molecule has 4 heterocycles. The average molecular weight is 817 g/mol. The molecule has 1 aliphatic carbocycles. The average Bonchev–Trinajstić information content (AvgIpc) is 3.74. The number of benzene rings is 2. The quantitative estimate of drug-likeness (QED) is 0.0716. The number of aromatic hydroxyl groups is 1. The summed E-state index contributed by atoms with van der Waals surface area (Å²) >= 11 is 0. The number of quaternary nitrogens is 1. The van der Waals surface area contributed by atoms with Gasteiger partial charge in [0.25, 0.3) is 0 Å². The summed E-state index contributed by atoms with van der Waals surface area (Å²) in [6.45, 7) is 9.91. The number of pyridine rings is 1. The SMILES string of the molecule is O=c1ccc2c([C@@H](O)CNCCOCCCOCCCOCCC[N+]34CCC(CC3)[C@@H](OC[C@@](O)(c3ccccc3)C3CCCC3)C4)ccc(O)c2[nH]1.[Br-]. The van der Waals surface area contributed by atoms with E-state index in [0.717, 1.165) is 61.8 Å². The zero-order chi connectivity index (χ0) is 36.9. The smallest absolute Gasteiger partial charge is 0.248 e. The van der Waals surface area contributed by atoms with E-state index in [1.807, 2.05) is 18.2 Å². The molecule has 11 nitrogen and oxygen atoms in total. The highest BCUT2D eigenvalue weighted by atomic mass is 79.9. The van der Waals surface area contributed by atoms with E-state index in [2.05, 4.69) is 22.4 Å². The normalized spacial score (nSPS) is 23.0. The Morgan fingerprint density at radius 3 is 2.22 bits per heavy atom. The van der Waals surface area contributed by atoms with Crippen LogP contribution in [0, 0.1) is 11.8 Å². The predicted molar refractivity (Wildman–Crippen MR) is 205 cm³/mol. The second-order valence-corrected chi connectivity index (χ2v) is 15.6. The number of fused-ring (bicyclic) bond motifs is 4. The van der Waals surface area contributed by atoms with Gasteiger partial charge in [0.05, 0.1) is 51.1 Å². The number of aliphatic hydroxyl groups excluding tert-OH is 1. The molecule has 3 aromatic rings. The van der Waals surface area contributed by atoms with Crippen LogP contribution in [0.2, 0.25) is 0 Å². The Hall–Kier alpha value is -2.39. The second kappa shape index (κ2) is 21.2. The third kappa shape index (κ3) is 11.4. The molecular formula is C42H62BrN3O8. The van der Waals surface area contributed by atoms with Gasteiger partial charge in [-0.1, -0.05) is 49.2 Å². The monoisotopic (exact) mass is 815 g/mol. The van der Waals surface area contributed by atoms with Gasteiger partial charge in [-0.05, 0) is 54.9 Å². The first-order valence-electron chi connectivity index (χ1n) is 20.1. The minimum atomic E-state index is -0.898. The van der Waals surface area contributed by atoms with Gasteiger partial charge in [0, 0.05) is 76.2 Å². The predicted octanol–water partition coefficient (Wildman–Crippen LogP) is 1.78. The highest BCUT2D eigenvalue weighted by Gasteiger charge is 2.48. The van der Waals surface area contributed by atoms with Crippen LogP contribution < -0.4 is 27.9 Å². The van der Waals surface area contributed by atoms with Crippen molar-refractivity contribution in [3.8, 4) is 5.75 Å². The summed E-state index contributed by atoms with van der Waals surface area (Å²) in [7, 11) is 0. The van der Waals surface area contributed by atoms with E-state index >= 15 is 0 Å². The first-order valence-corrected chi connectivity index (χ1v) is 20.1. The van der Waals surface area contributed by atoms with Crippen LogP contribution in [0.25, 0.3) is 10.9 Å². The van der Waals surface area contributed by atoms with Crippen molar-refractivity contribution in [3.63, 3.8) is 0 Å². The summed E-state index contributed by atoms with van der Waals surface area (Å²) in [5.74, 6) is 0.861. The maximum atomic E-state index is 12.0. The summed E-state index contributed by atoms with van der Waals surface area (Å²) in [6, 6.07) is 16.4. The molecular weight excluding hydrogens is 754 g/mol. The Morgan fingerprint density at radius 1 is 0.852 bits per heavy atom. The Kier molecular flexibility index (Phi) is 16.8. The number of piperidine rings is 3. The first kappa shape index (κ1) is 42.7. The molecule has 4 fully saturated rings. The number of phenols is 1. The lowest BCUT2D eigenvalue weighted by Crippen LogP contribution is -3.00. The van der Waals surface area contributed by atoms with E-state index in [1.54, 1.807) is 12.1 Å². The molecule has 3 atom stereocenters. The van der Waals surface area contributed by atoms with Gasteiger partial charge < -0.3 is 66.0 Å². The van der Waals surface area contributed by atoms with E-state index in [9.17, 15) is 20.1 Å². The van der Waals surface area contributed by atoms with Gasteiger partial charge >= 0.3 is 0 Å². The molecule has 0 radical (unpaired) electrons. The fourth-order valence-corrected chi connectivity index (χ4v) is 8.90. The number of phenolic OH excluding ortho intramolecular Hbond substituents is 1. The zero-order valence-electron chi connectivity index (χ0n) is 31.8. The third-order valence-corrected chi connectivity index (χ3v) is 12.0. The lowest BCUT2D eigenvalue weighted by molar-refractivity contribution is -0.946. The molecule has 12 heteroatoms. The van der Waals surface area contributed by atoms with E-state index in [0.29, 0.717) is 75.1 Å². The van der Waals surface area contributed by atoms with E-state index in [-0.39, 0.29) is 40.3 Å². The minimum absolute atomic E-state index is 0. The fourth-order valence-electron chi connectivity index (χ4n) is 8.90. The Balaban J connectivity index is 0.00000561. The van der Waals surface area contributed by atoms with E-state index < -0.39 is 11.7 Å². The summed E-state index contributed by atoms with van der Waals surface area (Å²) in [6.07, 6.45) is 9.16. The molecule has 1 aromatic heterocycles. The zero-order valence-corrected chi connectivity index (χ0v) is 33.4. The van der Waals surface area contributed by atoms with Gasteiger partial charge in [-0.3, -0.25) is 4.79 Å². The highest BCUT2D eigenvalue weighted by molar-refractivity contribution is 5.87. The number of halogens is 1. The van der Waals surface area contributed by atoms with Crippen LogP contribution >= 0.6 is 0 Å². The lowest BCUT2D eigenvalue weighted by Gasteiger charge is -2.53. The summed E-state index contributed by atoms with van der Waals surface area (Å²) in [5, 5.41) is 36.5. The number of aliphatic hydroxyl groups is 2. The molecule has 2 bridgehead atoms. The largest absolute Gasteiger partial charge is 1.00 e. The van der Waals surface area contributed by atoms with Gasteiger partial charge in [0.15, 0.2) is 0 Å². The number of nitrogens with one attached hydrogen (secondary N) is 2. The highest BCUT2D eigenvalue weighted by Crippen LogP contribution is 2.42. The molecule has 0 unspecified atom stereocenters. The van der Waals surface area contributed by atoms with Crippen LogP contribution in [0.15, 0.2) is 59.4 Å². The fraction of sp³-hybridized carbons (Fsp3) is 0.643. The maximum Gasteiger partial charge on any atom is 0.248 e. The molecule has 1 saturated carbocycles. The minimum Gasteiger partial charge on any atom is -1.00 e. The van der Waals surface area contributed by atoms with E-state index in [1.165, 1.54) is 50.9 Å². The summed E-state index contributed by atoms with van der Waals surface area (Å²) in [5.41, 5.74) is 0.770. The van der Waals surface area contributed by atoms with Crippen molar-refractivity contribution < 1.29 is 55.7 Å². The molecule has 2 aromatic carbocycles. The molecule has 3 saturated heterocycles. The number of aromatic nitrogens is 1. The molecule has 5 N–H and O–H groups in total. The number of aromatic amines is 1. The first-order chi connectivity index (χ1) is 25.9. The van der Waals surface area contributed by atoms with E-state index in [4.69, 9.17) is 18.9 Å². The molecule has 3 aliphatic heterocycles. The Bertz CT molecular complexity index is 1600. The third-order valence-electron chi connectivity index (χ3n) is 12.0. The van der Waals surface area contributed by atoms with Gasteiger partial charge in [-0.15, -0.1) is 0 Å². The van der Waals surface area contributed by atoms with Crippen LogP contribution in [0.3, 0.4) is 0 Å². The van der Waals surface area contributed by atoms with Crippen molar-refractivity contribution in [1.82, 2.24) is 10.3 Å². The Labute approximate surface area is 330 Å². The summed E-state index contributed by atoms with van der Waals surface area (Å²) < 4.78 is 25.3. The number of rotatable bonds is 23.